The predicted octanol–water partition coefficient (Wildman–Crippen LogP) is 3.34. The monoisotopic (exact) mass is 249 g/mol. The molecule has 0 saturated carbocycles. The van der Waals surface area contributed by atoms with Crippen LogP contribution in [0.1, 0.15) is 11.3 Å². The van der Waals surface area contributed by atoms with E-state index in [4.69, 9.17) is 0 Å². The first-order valence-corrected chi connectivity index (χ1v) is 6.48. The van der Waals surface area contributed by atoms with Crippen molar-refractivity contribution in [2.45, 2.75) is 13.8 Å². The van der Waals surface area contributed by atoms with E-state index in [2.05, 4.69) is 66.8 Å². The molecular weight excluding hydrogens is 232 g/mol. The van der Waals surface area contributed by atoms with Gasteiger partial charge in [0.2, 0.25) is 5.69 Å². The van der Waals surface area contributed by atoms with Crippen molar-refractivity contribution in [3.63, 3.8) is 0 Å². The third kappa shape index (κ3) is 1.99. The molecular formula is C17H17N2+. The maximum absolute atomic E-state index is 4.42. The molecule has 0 radical (unpaired) electrons. The Balaban J connectivity index is 2.33. The number of nitrogens with zero attached hydrogens (tertiary/aromatic N) is 2. The second-order valence-corrected chi connectivity index (χ2v) is 4.99. The van der Waals surface area contributed by atoms with Crippen LogP contribution in [0.2, 0.25) is 0 Å². The highest BCUT2D eigenvalue weighted by Crippen LogP contribution is 2.27. The van der Waals surface area contributed by atoms with Gasteiger partial charge in [-0.15, -0.1) is 0 Å². The standard InChI is InChI=1S/C17H17N2/c1-12-10-14-6-4-5-7-15(14)11-16(12)17-13(2)18-8-9-19(17)3/h4-11H,1-3H3/q+1. The van der Waals surface area contributed by atoms with Crippen LogP contribution in [0.4, 0.5) is 0 Å². The lowest BCUT2D eigenvalue weighted by Crippen LogP contribution is -2.32. The molecule has 1 heterocycles. The predicted molar refractivity (Wildman–Crippen MR) is 77.8 cm³/mol. The van der Waals surface area contributed by atoms with Crippen molar-refractivity contribution in [1.29, 1.82) is 0 Å². The zero-order valence-electron chi connectivity index (χ0n) is 11.5. The Bertz CT molecular complexity index is 740. The van der Waals surface area contributed by atoms with Crippen LogP contribution in [0, 0.1) is 13.8 Å². The van der Waals surface area contributed by atoms with Crippen LogP contribution < -0.4 is 4.57 Å². The van der Waals surface area contributed by atoms with Gasteiger partial charge in [0.1, 0.15) is 12.7 Å². The Morgan fingerprint density at radius 3 is 2.37 bits per heavy atom. The van der Waals surface area contributed by atoms with Gasteiger partial charge < -0.3 is 0 Å². The molecule has 0 bridgehead atoms. The van der Waals surface area contributed by atoms with Gasteiger partial charge in [0.05, 0.1) is 11.8 Å². The summed E-state index contributed by atoms with van der Waals surface area (Å²) in [6, 6.07) is 13.0. The summed E-state index contributed by atoms with van der Waals surface area (Å²) in [5.74, 6) is 0. The summed E-state index contributed by atoms with van der Waals surface area (Å²) in [6.07, 6.45) is 3.84. The van der Waals surface area contributed by atoms with Gasteiger partial charge in [-0.25, -0.2) is 4.98 Å². The molecule has 0 unspecified atom stereocenters. The maximum Gasteiger partial charge on any atom is 0.233 e. The van der Waals surface area contributed by atoms with Crippen molar-refractivity contribution in [3.05, 3.63) is 60.0 Å². The summed E-state index contributed by atoms with van der Waals surface area (Å²) in [5.41, 5.74) is 4.78. The van der Waals surface area contributed by atoms with E-state index < -0.39 is 0 Å². The Morgan fingerprint density at radius 1 is 1.00 bits per heavy atom. The van der Waals surface area contributed by atoms with Crippen LogP contribution in [-0.4, -0.2) is 4.98 Å². The minimum atomic E-state index is 1.06. The van der Waals surface area contributed by atoms with Crippen molar-refractivity contribution in [2.75, 3.05) is 0 Å². The van der Waals surface area contributed by atoms with Crippen LogP contribution in [-0.2, 0) is 7.05 Å². The van der Waals surface area contributed by atoms with Crippen molar-refractivity contribution in [1.82, 2.24) is 4.98 Å². The lowest BCUT2D eigenvalue weighted by atomic mass is 9.98. The topological polar surface area (TPSA) is 16.8 Å². The van der Waals surface area contributed by atoms with Gasteiger partial charge in [-0.1, -0.05) is 30.3 Å². The fourth-order valence-corrected chi connectivity index (χ4v) is 2.63. The van der Waals surface area contributed by atoms with Gasteiger partial charge in [0, 0.05) is 0 Å². The quantitative estimate of drug-likeness (QED) is 0.604. The third-order valence-electron chi connectivity index (χ3n) is 3.60. The SMILES string of the molecule is Cc1cc2ccccc2cc1-c1c(C)ncc[n+]1C. The third-order valence-corrected chi connectivity index (χ3v) is 3.60. The molecule has 0 aliphatic rings. The summed E-state index contributed by atoms with van der Waals surface area (Å²) in [4.78, 5) is 4.42. The molecule has 0 aliphatic heterocycles. The van der Waals surface area contributed by atoms with Crippen LogP contribution in [0.25, 0.3) is 22.0 Å². The Hall–Kier alpha value is -2.22. The number of benzene rings is 2. The summed E-state index contributed by atoms with van der Waals surface area (Å²) < 4.78 is 2.14. The van der Waals surface area contributed by atoms with Crippen molar-refractivity contribution in [2.24, 2.45) is 7.05 Å². The van der Waals surface area contributed by atoms with E-state index in [1.54, 1.807) is 0 Å². The molecule has 2 aromatic carbocycles. The lowest BCUT2D eigenvalue weighted by Gasteiger charge is -2.08. The summed E-state index contributed by atoms with van der Waals surface area (Å²) >= 11 is 0. The molecule has 0 aliphatic carbocycles. The molecule has 3 rings (SSSR count). The Morgan fingerprint density at radius 2 is 1.68 bits per heavy atom. The zero-order chi connectivity index (χ0) is 13.4. The van der Waals surface area contributed by atoms with Crippen LogP contribution in [0.15, 0.2) is 48.8 Å². The molecule has 0 saturated heterocycles. The second kappa shape index (κ2) is 4.47. The first kappa shape index (κ1) is 11.8. The van der Waals surface area contributed by atoms with Crippen molar-refractivity contribution >= 4 is 10.8 Å². The highest BCUT2D eigenvalue weighted by atomic mass is 15.0. The van der Waals surface area contributed by atoms with Crippen LogP contribution >= 0.6 is 0 Å². The highest BCUT2D eigenvalue weighted by Gasteiger charge is 2.16. The number of rotatable bonds is 1. The molecule has 2 nitrogen and oxygen atoms in total. The zero-order valence-corrected chi connectivity index (χ0v) is 11.5. The molecule has 0 N–H and O–H groups in total. The fourth-order valence-electron chi connectivity index (χ4n) is 2.63. The van der Waals surface area contributed by atoms with E-state index >= 15 is 0 Å². The smallest absolute Gasteiger partial charge is 0.233 e. The van der Waals surface area contributed by atoms with Gasteiger partial charge in [-0.2, -0.15) is 4.57 Å². The van der Waals surface area contributed by atoms with Crippen LogP contribution in [0.5, 0.6) is 0 Å². The normalized spacial score (nSPS) is 10.9. The molecule has 0 atom stereocenters. The molecule has 3 aromatic rings. The molecule has 0 spiro atoms. The van der Waals surface area contributed by atoms with Crippen molar-refractivity contribution < 1.29 is 4.57 Å². The number of hydrogen-bond acceptors (Lipinski definition) is 1. The van der Waals surface area contributed by atoms with E-state index in [0.717, 1.165) is 5.69 Å². The van der Waals surface area contributed by atoms with Crippen molar-refractivity contribution in [3.8, 4) is 11.3 Å². The molecule has 0 amide bonds. The number of aryl methyl sites for hydroxylation is 3. The van der Waals surface area contributed by atoms with Crippen LogP contribution in [0.3, 0.4) is 0 Å². The fraction of sp³-hybridized carbons (Fsp3) is 0.176. The van der Waals surface area contributed by atoms with E-state index in [1.165, 1.54) is 27.6 Å². The maximum atomic E-state index is 4.42. The van der Waals surface area contributed by atoms with Gasteiger partial charge in [0.15, 0.2) is 6.20 Å². The summed E-state index contributed by atoms with van der Waals surface area (Å²) in [5, 5.41) is 2.55. The molecule has 94 valence electrons. The average molecular weight is 249 g/mol. The van der Waals surface area contributed by atoms with Gasteiger partial charge in [-0.05, 0) is 36.2 Å². The number of hydrogen-bond donors (Lipinski definition) is 0. The minimum Gasteiger partial charge on any atom is -0.248 e. The number of fused-ring (bicyclic) bond motifs is 1. The van der Waals surface area contributed by atoms with E-state index in [0.29, 0.717) is 0 Å². The molecule has 0 fully saturated rings. The molecule has 2 heteroatoms. The first-order chi connectivity index (χ1) is 9.16. The average Bonchev–Trinajstić information content (AvgIpc) is 2.39. The second-order valence-electron chi connectivity index (χ2n) is 4.99. The lowest BCUT2D eigenvalue weighted by molar-refractivity contribution is -0.661. The van der Waals surface area contributed by atoms with Gasteiger partial charge in [-0.3, -0.25) is 0 Å². The molecule has 1 aromatic heterocycles. The summed E-state index contributed by atoms with van der Waals surface area (Å²) in [6.45, 7) is 4.22. The Labute approximate surface area is 113 Å². The van der Waals surface area contributed by atoms with E-state index in [9.17, 15) is 0 Å². The Kier molecular flexibility index (Phi) is 2.79. The largest absolute Gasteiger partial charge is 0.248 e. The van der Waals surface area contributed by atoms with Gasteiger partial charge in [0.25, 0.3) is 0 Å². The minimum absolute atomic E-state index is 1.06. The van der Waals surface area contributed by atoms with Gasteiger partial charge >= 0.3 is 0 Å². The summed E-state index contributed by atoms with van der Waals surface area (Å²) in [7, 11) is 2.07. The first-order valence-electron chi connectivity index (χ1n) is 6.48. The van der Waals surface area contributed by atoms with E-state index in [1.807, 2.05) is 12.4 Å². The highest BCUT2D eigenvalue weighted by molar-refractivity contribution is 5.88. The molecule has 19 heavy (non-hydrogen) atoms. The van der Waals surface area contributed by atoms with E-state index in [-0.39, 0.29) is 0 Å². The number of aromatic nitrogens is 2.